The lowest BCUT2D eigenvalue weighted by Crippen LogP contribution is -2.32. The monoisotopic (exact) mass is 336 g/mol. The van der Waals surface area contributed by atoms with E-state index in [2.05, 4.69) is 6.92 Å². The van der Waals surface area contributed by atoms with Crippen molar-refractivity contribution in [1.82, 2.24) is 8.87 Å². The quantitative estimate of drug-likeness (QED) is 0.776. The van der Waals surface area contributed by atoms with Gasteiger partial charge in [-0.25, -0.2) is 8.42 Å². The third-order valence-corrected chi connectivity index (χ3v) is 6.57. The van der Waals surface area contributed by atoms with E-state index in [9.17, 15) is 8.42 Å². The highest BCUT2D eigenvalue weighted by atomic mass is 35.5. The topological polar surface area (TPSA) is 42.3 Å². The van der Waals surface area contributed by atoms with Crippen LogP contribution in [0.1, 0.15) is 25.5 Å². The van der Waals surface area contributed by atoms with Crippen molar-refractivity contribution in [1.29, 1.82) is 0 Å². The number of aromatic nitrogens is 1. The molecule has 1 fully saturated rings. The second kappa shape index (κ2) is 7.20. The van der Waals surface area contributed by atoms with Crippen LogP contribution < -0.4 is 0 Å². The van der Waals surface area contributed by atoms with Gasteiger partial charge in [0.2, 0.25) is 10.0 Å². The fourth-order valence-electron chi connectivity index (χ4n) is 2.34. The molecule has 1 aliphatic rings. The second-order valence-corrected chi connectivity index (χ2v) is 8.29. The number of halogens is 1. The van der Waals surface area contributed by atoms with E-state index in [1.54, 1.807) is 16.6 Å². The summed E-state index contributed by atoms with van der Waals surface area (Å²) in [4.78, 5) is 0.383. The second-order valence-electron chi connectivity index (χ2n) is 4.86. The smallest absolute Gasteiger partial charge is 0.244 e. The van der Waals surface area contributed by atoms with Crippen LogP contribution in [-0.4, -0.2) is 41.9 Å². The highest BCUT2D eigenvalue weighted by Gasteiger charge is 2.27. The van der Waals surface area contributed by atoms with Crippen LogP contribution in [-0.2, 0) is 22.4 Å². The lowest BCUT2D eigenvalue weighted by Gasteiger charge is -2.18. The van der Waals surface area contributed by atoms with E-state index in [0.717, 1.165) is 36.6 Å². The van der Waals surface area contributed by atoms with Crippen molar-refractivity contribution in [3.63, 3.8) is 0 Å². The lowest BCUT2D eigenvalue weighted by atomic mass is 10.4. The maximum absolute atomic E-state index is 12.7. The van der Waals surface area contributed by atoms with E-state index in [-0.39, 0.29) is 0 Å². The van der Waals surface area contributed by atoms with Crippen molar-refractivity contribution in [3.05, 3.63) is 18.0 Å². The third kappa shape index (κ3) is 3.53. The molecule has 114 valence electrons. The minimum absolute atomic E-state index is 0.339. The molecule has 0 aliphatic carbocycles. The first-order chi connectivity index (χ1) is 9.59. The van der Waals surface area contributed by atoms with Crippen molar-refractivity contribution in [2.45, 2.75) is 37.1 Å². The summed E-state index contributed by atoms with van der Waals surface area (Å²) in [6.07, 6.45) is 3.61. The molecule has 7 heteroatoms. The molecule has 0 amide bonds. The molecular formula is C13H21ClN2O2S2. The molecule has 1 aliphatic heterocycles. The Morgan fingerprint density at radius 1 is 1.35 bits per heavy atom. The average molecular weight is 337 g/mol. The Morgan fingerprint density at radius 3 is 2.85 bits per heavy atom. The minimum atomic E-state index is -3.37. The van der Waals surface area contributed by atoms with Gasteiger partial charge >= 0.3 is 0 Å². The van der Waals surface area contributed by atoms with E-state index >= 15 is 0 Å². The van der Waals surface area contributed by atoms with Crippen LogP contribution in [0.4, 0.5) is 0 Å². The molecule has 0 bridgehead atoms. The molecule has 0 aromatic carbocycles. The van der Waals surface area contributed by atoms with E-state index in [4.69, 9.17) is 11.6 Å². The van der Waals surface area contributed by atoms with Crippen molar-refractivity contribution in [3.8, 4) is 0 Å². The molecule has 0 N–H and O–H groups in total. The number of hydrogen-bond acceptors (Lipinski definition) is 3. The number of alkyl halides is 1. The Labute approximate surface area is 130 Å². The number of hydrogen-bond donors (Lipinski definition) is 0. The van der Waals surface area contributed by atoms with Gasteiger partial charge in [0.1, 0.15) is 4.90 Å². The van der Waals surface area contributed by atoms with Crippen LogP contribution in [0.2, 0.25) is 0 Å². The van der Waals surface area contributed by atoms with E-state index in [1.807, 2.05) is 16.3 Å². The molecule has 2 heterocycles. The van der Waals surface area contributed by atoms with Gasteiger partial charge in [0.05, 0.1) is 5.88 Å². The van der Waals surface area contributed by atoms with Crippen LogP contribution in [0, 0.1) is 0 Å². The number of rotatable bonds is 5. The molecule has 0 spiro atoms. The SMILES string of the molecule is CCCn1cc(S(=O)(=O)N2CCCSCC2)cc1CCl. The Balaban J connectivity index is 2.28. The molecular weight excluding hydrogens is 316 g/mol. The molecule has 0 atom stereocenters. The van der Waals surface area contributed by atoms with Crippen molar-refractivity contribution >= 4 is 33.4 Å². The Kier molecular flexibility index (Phi) is 5.84. The highest BCUT2D eigenvalue weighted by molar-refractivity contribution is 7.99. The fourth-order valence-corrected chi connectivity index (χ4v) is 5.12. The number of sulfonamides is 1. The molecule has 2 rings (SSSR count). The van der Waals surface area contributed by atoms with Gasteiger partial charge in [0.15, 0.2) is 0 Å². The summed E-state index contributed by atoms with van der Waals surface area (Å²) < 4.78 is 28.9. The van der Waals surface area contributed by atoms with Gasteiger partial charge in [-0.15, -0.1) is 11.6 Å². The minimum Gasteiger partial charge on any atom is -0.349 e. The van der Waals surface area contributed by atoms with E-state index in [1.165, 1.54) is 0 Å². The molecule has 0 saturated carbocycles. The average Bonchev–Trinajstić information content (AvgIpc) is 2.66. The molecule has 1 saturated heterocycles. The van der Waals surface area contributed by atoms with Crippen molar-refractivity contribution in [2.24, 2.45) is 0 Å². The summed E-state index contributed by atoms with van der Waals surface area (Å²) in [5, 5.41) is 0. The normalized spacial score (nSPS) is 18.1. The summed E-state index contributed by atoms with van der Waals surface area (Å²) in [5.74, 6) is 2.25. The lowest BCUT2D eigenvalue weighted by molar-refractivity contribution is 0.435. The van der Waals surface area contributed by atoms with Crippen LogP contribution in [0.3, 0.4) is 0 Å². The Hall–Kier alpha value is -0.170. The Morgan fingerprint density at radius 2 is 2.15 bits per heavy atom. The molecule has 4 nitrogen and oxygen atoms in total. The molecule has 1 aromatic heterocycles. The molecule has 1 aromatic rings. The highest BCUT2D eigenvalue weighted by Crippen LogP contribution is 2.23. The summed E-state index contributed by atoms with van der Waals surface area (Å²) >= 11 is 7.73. The van der Waals surface area contributed by atoms with Gasteiger partial charge in [-0.3, -0.25) is 0 Å². The van der Waals surface area contributed by atoms with E-state index < -0.39 is 10.0 Å². The molecule has 0 unspecified atom stereocenters. The predicted octanol–water partition coefficient (Wildman–Crippen LogP) is 2.76. The standard InChI is InChI=1S/C13H21ClN2O2S2/c1-2-4-15-11-13(9-12(15)10-14)20(17,18)16-5-3-7-19-8-6-16/h9,11H,2-8,10H2,1H3. The van der Waals surface area contributed by atoms with Crippen molar-refractivity contribution in [2.75, 3.05) is 24.6 Å². The first kappa shape index (κ1) is 16.2. The van der Waals surface area contributed by atoms with Crippen LogP contribution in [0.5, 0.6) is 0 Å². The summed E-state index contributed by atoms with van der Waals surface area (Å²) in [6, 6.07) is 1.72. The zero-order valence-electron chi connectivity index (χ0n) is 11.7. The van der Waals surface area contributed by atoms with Gasteiger partial charge in [-0.2, -0.15) is 16.1 Å². The van der Waals surface area contributed by atoms with Gasteiger partial charge in [0, 0.05) is 37.3 Å². The third-order valence-electron chi connectivity index (χ3n) is 3.38. The maximum Gasteiger partial charge on any atom is 0.244 e. The molecule has 20 heavy (non-hydrogen) atoms. The van der Waals surface area contributed by atoms with Gasteiger partial charge in [-0.1, -0.05) is 6.92 Å². The predicted molar refractivity (Wildman–Crippen MR) is 85.0 cm³/mol. The van der Waals surface area contributed by atoms with Gasteiger partial charge < -0.3 is 4.57 Å². The van der Waals surface area contributed by atoms with Crippen molar-refractivity contribution < 1.29 is 8.42 Å². The largest absolute Gasteiger partial charge is 0.349 e. The zero-order valence-corrected chi connectivity index (χ0v) is 14.1. The first-order valence-electron chi connectivity index (χ1n) is 6.92. The van der Waals surface area contributed by atoms with Gasteiger partial charge in [-0.05, 0) is 24.7 Å². The molecule has 0 radical (unpaired) electrons. The summed E-state index contributed by atoms with van der Waals surface area (Å²) in [6.45, 7) is 4.08. The van der Waals surface area contributed by atoms with Crippen LogP contribution in [0.15, 0.2) is 17.2 Å². The number of aryl methyl sites for hydroxylation is 1. The summed E-state index contributed by atoms with van der Waals surface area (Å²) in [5.41, 5.74) is 0.872. The van der Waals surface area contributed by atoms with E-state index in [0.29, 0.717) is 23.9 Å². The van der Waals surface area contributed by atoms with Crippen LogP contribution >= 0.6 is 23.4 Å². The maximum atomic E-state index is 12.7. The zero-order chi connectivity index (χ0) is 14.6. The van der Waals surface area contributed by atoms with Gasteiger partial charge in [0.25, 0.3) is 0 Å². The first-order valence-corrected chi connectivity index (χ1v) is 10.1. The fraction of sp³-hybridized carbons (Fsp3) is 0.692. The Bertz CT molecular complexity index is 535. The van der Waals surface area contributed by atoms with Crippen LogP contribution in [0.25, 0.3) is 0 Å². The number of nitrogens with zero attached hydrogens (tertiary/aromatic N) is 2. The number of thioether (sulfide) groups is 1. The summed E-state index contributed by atoms with van der Waals surface area (Å²) in [7, 11) is -3.37.